The maximum atomic E-state index is 11.2. The summed E-state index contributed by atoms with van der Waals surface area (Å²) < 4.78 is 9.37. The highest BCUT2D eigenvalue weighted by Crippen LogP contribution is 2.11. The molecule has 5 nitrogen and oxygen atoms in total. The van der Waals surface area contributed by atoms with Gasteiger partial charge in [-0.1, -0.05) is 0 Å². The van der Waals surface area contributed by atoms with E-state index in [-0.39, 0.29) is 5.97 Å². The normalized spacial score (nSPS) is 9.89. The van der Waals surface area contributed by atoms with Gasteiger partial charge in [-0.2, -0.15) is 0 Å². The molecule has 0 atom stereocenters. The van der Waals surface area contributed by atoms with Gasteiger partial charge in [-0.3, -0.25) is 9.78 Å². The van der Waals surface area contributed by atoms with Crippen LogP contribution in [0.15, 0.2) is 18.3 Å². The minimum atomic E-state index is -0.409. The Bertz CT molecular complexity index is 405. The first-order chi connectivity index (χ1) is 8.67. The molecule has 1 rings (SSSR count). The molecule has 0 radical (unpaired) electrons. The van der Waals surface area contributed by atoms with E-state index in [2.05, 4.69) is 9.72 Å². The number of nitrogens with zero attached hydrogens (tertiary/aromatic N) is 1. The molecule has 0 aliphatic heterocycles. The molecule has 1 aromatic heterocycles. The Morgan fingerprint density at radius 1 is 1.39 bits per heavy atom. The van der Waals surface area contributed by atoms with Crippen LogP contribution in [0.2, 0.25) is 0 Å². The lowest BCUT2D eigenvalue weighted by Crippen LogP contribution is -2.07. The largest absolute Gasteiger partial charge is 0.465 e. The second-order valence-corrected chi connectivity index (χ2v) is 4.31. The molecule has 0 N–H and O–H groups in total. The van der Waals surface area contributed by atoms with Crippen molar-refractivity contribution in [2.75, 3.05) is 19.5 Å². The zero-order valence-electron chi connectivity index (χ0n) is 10.3. The van der Waals surface area contributed by atoms with Crippen molar-refractivity contribution in [2.45, 2.75) is 12.7 Å². The van der Waals surface area contributed by atoms with Gasteiger partial charge in [-0.25, -0.2) is 4.79 Å². The van der Waals surface area contributed by atoms with E-state index >= 15 is 0 Å². The second-order valence-electron chi connectivity index (χ2n) is 3.33. The molecule has 0 aliphatic carbocycles. The maximum Gasteiger partial charge on any atom is 0.339 e. The van der Waals surface area contributed by atoms with E-state index < -0.39 is 5.97 Å². The molecule has 0 aromatic carbocycles. The average Bonchev–Trinajstić information content (AvgIpc) is 2.39. The summed E-state index contributed by atoms with van der Waals surface area (Å²) in [5, 5.41) is 0. The summed E-state index contributed by atoms with van der Waals surface area (Å²) in [6.45, 7) is 2.17. The second kappa shape index (κ2) is 7.71. The number of aromatic nitrogens is 1. The molecule has 0 aliphatic rings. The number of thioether (sulfide) groups is 1. The van der Waals surface area contributed by atoms with Gasteiger partial charge in [0, 0.05) is 11.9 Å². The first-order valence-corrected chi connectivity index (χ1v) is 6.59. The highest BCUT2D eigenvalue weighted by atomic mass is 32.2. The van der Waals surface area contributed by atoms with Gasteiger partial charge in [0.2, 0.25) is 0 Å². The van der Waals surface area contributed by atoms with Crippen LogP contribution in [-0.2, 0) is 20.0 Å². The molecular formula is C12H15NO4S. The van der Waals surface area contributed by atoms with Gasteiger partial charge >= 0.3 is 11.9 Å². The Kier molecular flexibility index (Phi) is 6.21. The van der Waals surface area contributed by atoms with E-state index in [9.17, 15) is 9.59 Å². The van der Waals surface area contributed by atoms with E-state index in [1.54, 1.807) is 19.1 Å². The number of carbonyl (C=O) groups excluding carboxylic acids is 2. The van der Waals surface area contributed by atoms with Crippen LogP contribution in [0, 0.1) is 0 Å². The predicted octanol–water partition coefficient (Wildman–Crippen LogP) is 1.66. The summed E-state index contributed by atoms with van der Waals surface area (Å²) in [5.74, 6) is 0.260. The zero-order chi connectivity index (χ0) is 13.4. The van der Waals surface area contributed by atoms with Crippen molar-refractivity contribution in [3.63, 3.8) is 0 Å². The number of hydrogen-bond acceptors (Lipinski definition) is 6. The summed E-state index contributed by atoms with van der Waals surface area (Å²) in [6.07, 6.45) is 1.46. The zero-order valence-corrected chi connectivity index (χ0v) is 11.2. The van der Waals surface area contributed by atoms with Crippen molar-refractivity contribution in [1.82, 2.24) is 4.98 Å². The molecule has 0 bridgehead atoms. The molecule has 0 spiro atoms. The summed E-state index contributed by atoms with van der Waals surface area (Å²) in [5.41, 5.74) is 1.22. The predicted molar refractivity (Wildman–Crippen MR) is 68.4 cm³/mol. The first-order valence-electron chi connectivity index (χ1n) is 5.44. The van der Waals surface area contributed by atoms with Crippen molar-refractivity contribution < 1.29 is 19.1 Å². The topological polar surface area (TPSA) is 65.5 Å². The van der Waals surface area contributed by atoms with E-state index in [1.807, 2.05) is 0 Å². The van der Waals surface area contributed by atoms with Crippen LogP contribution in [0.4, 0.5) is 0 Å². The third kappa shape index (κ3) is 4.75. The van der Waals surface area contributed by atoms with Gasteiger partial charge in [0.05, 0.1) is 30.7 Å². The number of methoxy groups -OCH3 is 1. The number of carbonyl (C=O) groups is 2. The lowest BCUT2D eigenvalue weighted by Gasteiger charge is -2.03. The molecule has 0 saturated carbocycles. The van der Waals surface area contributed by atoms with E-state index in [0.29, 0.717) is 23.7 Å². The number of esters is 2. The quantitative estimate of drug-likeness (QED) is 0.732. The van der Waals surface area contributed by atoms with E-state index in [0.717, 1.165) is 5.69 Å². The lowest BCUT2D eigenvalue weighted by molar-refractivity contribution is -0.139. The minimum absolute atomic E-state index is 0.228. The summed E-state index contributed by atoms with van der Waals surface area (Å²) in [7, 11) is 1.32. The fourth-order valence-electron chi connectivity index (χ4n) is 1.19. The van der Waals surface area contributed by atoms with Crippen molar-refractivity contribution in [2.24, 2.45) is 0 Å². The van der Waals surface area contributed by atoms with Crippen LogP contribution in [0.25, 0.3) is 0 Å². The number of rotatable bonds is 6. The first kappa shape index (κ1) is 14.5. The van der Waals surface area contributed by atoms with Gasteiger partial charge in [-0.05, 0) is 19.1 Å². The Labute approximate surface area is 110 Å². The standard InChI is InChI=1S/C12H15NO4S/c1-3-17-11(14)8-18-7-10-5-4-9(6-13-10)12(15)16-2/h4-6H,3,7-8H2,1-2H3. The fraction of sp³-hybridized carbons (Fsp3) is 0.417. The molecule has 0 amide bonds. The highest BCUT2D eigenvalue weighted by molar-refractivity contribution is 7.99. The molecule has 0 unspecified atom stereocenters. The summed E-state index contributed by atoms with van der Waals surface area (Å²) >= 11 is 1.42. The van der Waals surface area contributed by atoms with Gasteiger partial charge in [0.15, 0.2) is 0 Å². The van der Waals surface area contributed by atoms with Gasteiger partial charge in [-0.15, -0.1) is 11.8 Å². The number of pyridine rings is 1. The van der Waals surface area contributed by atoms with Gasteiger partial charge in [0.25, 0.3) is 0 Å². The molecule has 0 saturated heterocycles. The van der Waals surface area contributed by atoms with Crippen molar-refractivity contribution >= 4 is 23.7 Å². The van der Waals surface area contributed by atoms with Crippen molar-refractivity contribution in [3.8, 4) is 0 Å². The van der Waals surface area contributed by atoms with Crippen molar-refractivity contribution in [1.29, 1.82) is 0 Å². The maximum absolute atomic E-state index is 11.2. The summed E-state index contributed by atoms with van der Waals surface area (Å²) in [4.78, 5) is 26.4. The molecule has 6 heteroatoms. The Morgan fingerprint density at radius 3 is 2.72 bits per heavy atom. The van der Waals surface area contributed by atoms with E-state index in [4.69, 9.17) is 4.74 Å². The third-order valence-electron chi connectivity index (χ3n) is 2.02. The third-order valence-corrected chi connectivity index (χ3v) is 2.96. The molecule has 98 valence electrons. The molecule has 1 heterocycles. The smallest absolute Gasteiger partial charge is 0.339 e. The van der Waals surface area contributed by atoms with Crippen molar-refractivity contribution in [3.05, 3.63) is 29.6 Å². The Hall–Kier alpha value is -1.56. The fourth-order valence-corrected chi connectivity index (χ4v) is 1.92. The van der Waals surface area contributed by atoms with Gasteiger partial charge in [0.1, 0.15) is 0 Å². The molecule has 1 aromatic rings. The lowest BCUT2D eigenvalue weighted by atomic mass is 10.2. The average molecular weight is 269 g/mol. The Balaban J connectivity index is 2.40. The Morgan fingerprint density at radius 2 is 2.17 bits per heavy atom. The van der Waals surface area contributed by atoms with Crippen LogP contribution < -0.4 is 0 Å². The van der Waals surface area contributed by atoms with Gasteiger partial charge < -0.3 is 9.47 Å². The molecular weight excluding hydrogens is 254 g/mol. The van der Waals surface area contributed by atoms with Crippen LogP contribution >= 0.6 is 11.8 Å². The van der Waals surface area contributed by atoms with Crippen LogP contribution in [0.5, 0.6) is 0 Å². The summed E-state index contributed by atoms with van der Waals surface area (Å²) in [6, 6.07) is 3.39. The van der Waals surface area contributed by atoms with E-state index in [1.165, 1.54) is 25.1 Å². The molecule has 18 heavy (non-hydrogen) atoms. The number of hydrogen-bond donors (Lipinski definition) is 0. The molecule has 0 fully saturated rings. The minimum Gasteiger partial charge on any atom is -0.465 e. The highest BCUT2D eigenvalue weighted by Gasteiger charge is 2.06. The van der Waals surface area contributed by atoms with Crippen LogP contribution in [-0.4, -0.2) is 36.4 Å². The number of ether oxygens (including phenoxy) is 2. The van der Waals surface area contributed by atoms with Crippen LogP contribution in [0.1, 0.15) is 23.0 Å². The SMILES string of the molecule is CCOC(=O)CSCc1ccc(C(=O)OC)cn1. The monoisotopic (exact) mass is 269 g/mol. The van der Waals surface area contributed by atoms with Crippen LogP contribution in [0.3, 0.4) is 0 Å².